The van der Waals surface area contributed by atoms with E-state index in [-0.39, 0.29) is 22.9 Å². The summed E-state index contributed by atoms with van der Waals surface area (Å²) in [5, 5.41) is 32.1. The zero-order chi connectivity index (χ0) is 22.3. The van der Waals surface area contributed by atoms with Crippen LogP contribution in [0.3, 0.4) is 0 Å². The molecule has 4 heteroatoms. The van der Waals surface area contributed by atoms with E-state index in [4.69, 9.17) is 4.74 Å². The third kappa shape index (κ3) is 3.15. The molecule has 0 amide bonds. The highest BCUT2D eigenvalue weighted by molar-refractivity contribution is 5.17. The molecule has 0 spiro atoms. The Kier molecular flexibility index (Phi) is 5.26. The molecule has 0 aromatic heterocycles. The summed E-state index contributed by atoms with van der Waals surface area (Å²) in [6.45, 7) is 11.4. The topological polar surface area (TPSA) is 69.9 Å². The fourth-order valence-corrected chi connectivity index (χ4v) is 9.45. The summed E-state index contributed by atoms with van der Waals surface area (Å²) in [7, 11) is 0. The molecule has 0 aromatic rings. The Hall–Kier alpha value is -0.420. The zero-order valence-corrected chi connectivity index (χ0v) is 20.1. The largest absolute Gasteiger partial charge is 0.390 e. The van der Waals surface area contributed by atoms with Crippen molar-refractivity contribution in [1.82, 2.24) is 0 Å². The Morgan fingerprint density at radius 2 is 1.71 bits per heavy atom. The van der Waals surface area contributed by atoms with Gasteiger partial charge in [-0.2, -0.15) is 0 Å². The second-order valence-electron chi connectivity index (χ2n) is 12.8. The van der Waals surface area contributed by atoms with Crippen LogP contribution in [0.4, 0.5) is 0 Å². The molecule has 1 aliphatic heterocycles. The first-order valence-electron chi connectivity index (χ1n) is 13.0. The molecule has 4 aliphatic carbocycles. The first kappa shape index (κ1) is 22.4. The molecule has 0 bridgehead atoms. The van der Waals surface area contributed by atoms with Crippen molar-refractivity contribution in [2.24, 2.45) is 52.3 Å². The van der Waals surface area contributed by atoms with Crippen molar-refractivity contribution in [2.45, 2.75) is 104 Å². The van der Waals surface area contributed by atoms with Crippen LogP contribution in [0.15, 0.2) is 12.2 Å². The average molecular weight is 433 g/mol. The molecule has 31 heavy (non-hydrogen) atoms. The van der Waals surface area contributed by atoms with Gasteiger partial charge >= 0.3 is 0 Å². The van der Waals surface area contributed by atoms with Gasteiger partial charge in [-0.15, -0.1) is 0 Å². The van der Waals surface area contributed by atoms with Gasteiger partial charge in [0.15, 0.2) is 5.79 Å². The number of allylic oxidation sites excluding steroid dienone is 1. The Morgan fingerprint density at radius 1 is 0.968 bits per heavy atom. The molecule has 4 nitrogen and oxygen atoms in total. The van der Waals surface area contributed by atoms with E-state index in [0.29, 0.717) is 35.5 Å². The first-order chi connectivity index (χ1) is 14.5. The number of rotatable bonds is 2. The lowest BCUT2D eigenvalue weighted by molar-refractivity contribution is -0.187. The number of hydrogen-bond acceptors (Lipinski definition) is 4. The summed E-state index contributed by atoms with van der Waals surface area (Å²) in [5.41, 5.74) is 0.366. The third-order valence-electron chi connectivity index (χ3n) is 11.0. The lowest BCUT2D eigenvalue weighted by atomic mass is 9.44. The summed E-state index contributed by atoms with van der Waals surface area (Å²) in [6, 6.07) is 0. The van der Waals surface area contributed by atoms with Crippen LogP contribution in [0.5, 0.6) is 0 Å². The lowest BCUT2D eigenvalue weighted by Crippen LogP contribution is -2.57. The summed E-state index contributed by atoms with van der Waals surface area (Å²) in [6.07, 6.45) is 10.5. The number of aliphatic hydroxyl groups is 3. The van der Waals surface area contributed by atoms with Gasteiger partial charge in [0.25, 0.3) is 0 Å². The van der Waals surface area contributed by atoms with E-state index >= 15 is 0 Å². The molecule has 0 radical (unpaired) electrons. The Labute approximate surface area is 188 Å². The average Bonchev–Trinajstić information content (AvgIpc) is 3.12. The van der Waals surface area contributed by atoms with E-state index in [1.165, 1.54) is 25.7 Å². The first-order valence-corrected chi connectivity index (χ1v) is 13.0. The normalized spacial score (nSPS) is 58.8. The van der Waals surface area contributed by atoms with E-state index in [1.807, 2.05) is 6.08 Å². The Balaban J connectivity index is 1.40. The minimum atomic E-state index is -1.13. The Morgan fingerprint density at radius 3 is 2.42 bits per heavy atom. The van der Waals surface area contributed by atoms with Gasteiger partial charge in [0.05, 0.1) is 18.3 Å². The minimum Gasteiger partial charge on any atom is -0.390 e. The predicted octanol–water partition coefficient (Wildman–Crippen LogP) is 4.52. The van der Waals surface area contributed by atoms with Gasteiger partial charge in [0, 0.05) is 5.92 Å². The second kappa shape index (κ2) is 7.29. The summed E-state index contributed by atoms with van der Waals surface area (Å²) in [5.74, 6) is 2.30. The van der Waals surface area contributed by atoms with E-state index in [9.17, 15) is 15.3 Å². The maximum atomic E-state index is 11.3. The maximum absolute atomic E-state index is 11.3. The zero-order valence-electron chi connectivity index (χ0n) is 20.1. The summed E-state index contributed by atoms with van der Waals surface area (Å²) >= 11 is 0. The number of hydrogen-bond donors (Lipinski definition) is 3. The molecule has 4 saturated carbocycles. The standard InChI is InChI=1S/C27H44O4/c1-15(2)8-11-27(30)16(3)24-23(31-27)13-20-18-7-6-17-12-21(28)22(29)14-26(17,5)19(18)9-10-25(20,24)4/h8,11,15-24,28-30H,6-7,9-10,12-14H2,1-5H3/b11-8+/t16?,17-,18?,19?,20?,21?,22-,23?,24?,25+,26+,27?/m1/s1. The van der Waals surface area contributed by atoms with Crippen LogP contribution in [-0.4, -0.2) is 39.4 Å². The van der Waals surface area contributed by atoms with Crippen LogP contribution in [-0.2, 0) is 4.74 Å². The van der Waals surface area contributed by atoms with Crippen molar-refractivity contribution >= 4 is 0 Å². The molecular formula is C27H44O4. The van der Waals surface area contributed by atoms with Crippen LogP contribution in [0.1, 0.15) is 79.6 Å². The molecular weight excluding hydrogens is 388 g/mol. The van der Waals surface area contributed by atoms with Gasteiger partial charge in [-0.1, -0.05) is 40.7 Å². The van der Waals surface area contributed by atoms with Crippen LogP contribution in [0.2, 0.25) is 0 Å². The van der Waals surface area contributed by atoms with E-state index in [1.54, 1.807) is 0 Å². The van der Waals surface area contributed by atoms with Crippen LogP contribution < -0.4 is 0 Å². The Bertz CT molecular complexity index is 735. The van der Waals surface area contributed by atoms with Crippen molar-refractivity contribution in [3.8, 4) is 0 Å². The fraction of sp³-hybridized carbons (Fsp3) is 0.926. The molecule has 1 saturated heterocycles. The highest BCUT2D eigenvalue weighted by atomic mass is 16.6. The number of aliphatic hydroxyl groups excluding tert-OH is 2. The molecule has 8 unspecified atom stereocenters. The monoisotopic (exact) mass is 432 g/mol. The lowest BCUT2D eigenvalue weighted by Gasteiger charge is -2.61. The molecule has 1 heterocycles. The van der Waals surface area contributed by atoms with Crippen molar-refractivity contribution in [3.05, 3.63) is 12.2 Å². The van der Waals surface area contributed by atoms with Crippen LogP contribution in [0, 0.1) is 52.3 Å². The number of fused-ring (bicyclic) bond motifs is 7. The van der Waals surface area contributed by atoms with E-state index in [2.05, 4.69) is 40.7 Å². The molecule has 5 fully saturated rings. The van der Waals surface area contributed by atoms with Gasteiger partial charge in [-0.25, -0.2) is 0 Å². The van der Waals surface area contributed by atoms with Crippen molar-refractivity contribution in [1.29, 1.82) is 0 Å². The molecule has 176 valence electrons. The van der Waals surface area contributed by atoms with Gasteiger partial charge in [0.2, 0.25) is 0 Å². The highest BCUT2D eigenvalue weighted by Gasteiger charge is 2.68. The molecule has 5 rings (SSSR count). The third-order valence-corrected chi connectivity index (χ3v) is 11.0. The second-order valence-corrected chi connectivity index (χ2v) is 12.8. The smallest absolute Gasteiger partial charge is 0.188 e. The molecule has 12 atom stereocenters. The summed E-state index contributed by atoms with van der Waals surface area (Å²) in [4.78, 5) is 0. The highest BCUT2D eigenvalue weighted by Crippen LogP contribution is 2.70. The van der Waals surface area contributed by atoms with Crippen molar-refractivity contribution < 1.29 is 20.1 Å². The van der Waals surface area contributed by atoms with E-state index in [0.717, 1.165) is 19.3 Å². The van der Waals surface area contributed by atoms with Gasteiger partial charge in [-0.05, 0) is 97.4 Å². The molecule has 0 aromatic carbocycles. The van der Waals surface area contributed by atoms with Gasteiger partial charge in [0.1, 0.15) is 0 Å². The van der Waals surface area contributed by atoms with Crippen molar-refractivity contribution in [3.63, 3.8) is 0 Å². The van der Waals surface area contributed by atoms with Crippen LogP contribution in [0.25, 0.3) is 0 Å². The molecule has 3 N–H and O–H groups in total. The fourth-order valence-electron chi connectivity index (χ4n) is 9.45. The number of ether oxygens (including phenoxy) is 1. The maximum Gasteiger partial charge on any atom is 0.188 e. The van der Waals surface area contributed by atoms with Crippen LogP contribution >= 0.6 is 0 Å². The minimum absolute atomic E-state index is 0.109. The SMILES string of the molecule is CC(C)/C=C/C1(O)OC2CC3C4CC[C@@H]5CC(O)[C@H](O)C[C@]5(C)C4CC[C@]3(C)C2C1C. The van der Waals surface area contributed by atoms with Crippen molar-refractivity contribution in [2.75, 3.05) is 0 Å². The predicted molar refractivity (Wildman–Crippen MR) is 121 cm³/mol. The van der Waals surface area contributed by atoms with Gasteiger partial charge < -0.3 is 20.1 Å². The van der Waals surface area contributed by atoms with E-state index < -0.39 is 18.0 Å². The summed E-state index contributed by atoms with van der Waals surface area (Å²) < 4.78 is 6.43. The quantitative estimate of drug-likeness (QED) is 0.561. The molecule has 5 aliphatic rings. The van der Waals surface area contributed by atoms with Gasteiger partial charge in [-0.3, -0.25) is 0 Å².